The summed E-state index contributed by atoms with van der Waals surface area (Å²) in [7, 11) is 1.76. The Morgan fingerprint density at radius 1 is 1.12 bits per heavy atom. The molecule has 16 heavy (non-hydrogen) atoms. The molecule has 3 nitrogen and oxygen atoms in total. The van der Waals surface area contributed by atoms with Crippen LogP contribution in [0.1, 0.15) is 44.9 Å². The average Bonchev–Trinajstić information content (AvgIpc) is 2.44. The first kappa shape index (κ1) is 14.3. The van der Waals surface area contributed by atoms with Gasteiger partial charge in [-0.15, -0.1) is 0 Å². The van der Waals surface area contributed by atoms with Gasteiger partial charge in [0.15, 0.2) is 0 Å². The fourth-order valence-electron chi connectivity index (χ4n) is 2.11. The summed E-state index contributed by atoms with van der Waals surface area (Å²) in [6, 6.07) is 0. The van der Waals surface area contributed by atoms with E-state index >= 15 is 0 Å². The van der Waals surface area contributed by atoms with Crippen LogP contribution in [0.2, 0.25) is 0 Å². The zero-order valence-electron chi connectivity index (χ0n) is 9.66. The maximum absolute atomic E-state index is 10.7. The Labute approximate surface area is 103 Å². The maximum Gasteiger partial charge on any atom is 0.232 e. The lowest BCUT2D eigenvalue weighted by Crippen LogP contribution is -2.11. The van der Waals surface area contributed by atoms with E-state index in [0.29, 0.717) is 18.9 Å². The number of halogens is 1. The molecular formula is C11H21ClO3S. The van der Waals surface area contributed by atoms with Gasteiger partial charge in [0.05, 0.1) is 5.75 Å². The van der Waals surface area contributed by atoms with Gasteiger partial charge in [0.1, 0.15) is 0 Å². The number of rotatable bonds is 6. The summed E-state index contributed by atoms with van der Waals surface area (Å²) in [6.07, 6.45) is 8.33. The fourth-order valence-corrected chi connectivity index (χ4v) is 2.90. The third kappa shape index (κ3) is 7.47. The van der Waals surface area contributed by atoms with Crippen molar-refractivity contribution in [1.29, 1.82) is 0 Å². The van der Waals surface area contributed by atoms with Gasteiger partial charge in [-0.2, -0.15) is 0 Å². The minimum absolute atomic E-state index is 0.0131. The predicted octanol–water partition coefficient (Wildman–Crippen LogP) is 2.93. The Bertz CT molecular complexity index is 269. The van der Waals surface area contributed by atoms with E-state index in [1.807, 2.05) is 0 Å². The minimum atomic E-state index is -3.34. The summed E-state index contributed by atoms with van der Waals surface area (Å²) in [4.78, 5) is 0. The van der Waals surface area contributed by atoms with Crippen LogP contribution in [0.3, 0.4) is 0 Å². The molecule has 0 spiro atoms. The molecule has 1 rings (SSSR count). The van der Waals surface area contributed by atoms with Gasteiger partial charge in [-0.25, -0.2) is 8.42 Å². The highest BCUT2D eigenvalue weighted by Crippen LogP contribution is 2.22. The molecule has 0 aromatic rings. The molecule has 5 heteroatoms. The van der Waals surface area contributed by atoms with Crippen molar-refractivity contribution in [2.75, 3.05) is 19.0 Å². The minimum Gasteiger partial charge on any atom is -0.381 e. The average molecular weight is 269 g/mol. The third-order valence-electron chi connectivity index (χ3n) is 3.01. The van der Waals surface area contributed by atoms with E-state index in [1.54, 1.807) is 0 Å². The second-order valence-corrected chi connectivity index (χ2v) is 7.43. The van der Waals surface area contributed by atoms with Crippen molar-refractivity contribution in [3.05, 3.63) is 0 Å². The summed E-state index contributed by atoms with van der Waals surface area (Å²) in [6.45, 7) is 1.28. The lowest BCUT2D eigenvalue weighted by molar-refractivity contribution is 0.0947. The quantitative estimate of drug-likeness (QED) is 0.423. The van der Waals surface area contributed by atoms with Gasteiger partial charge in [0, 0.05) is 23.9 Å². The number of hydrogen-bond donors (Lipinski definition) is 0. The Balaban J connectivity index is 2.01. The summed E-state index contributed by atoms with van der Waals surface area (Å²) in [5.74, 6) is 0.689. The van der Waals surface area contributed by atoms with Gasteiger partial charge in [-0.05, 0) is 25.2 Å². The first-order valence-electron chi connectivity index (χ1n) is 6.08. The van der Waals surface area contributed by atoms with Crippen LogP contribution in [0.25, 0.3) is 0 Å². The molecule has 0 atom stereocenters. The van der Waals surface area contributed by atoms with Crippen LogP contribution in [0, 0.1) is 5.92 Å². The Hall–Kier alpha value is 0.200. The molecule has 1 aliphatic carbocycles. The predicted molar refractivity (Wildman–Crippen MR) is 66.3 cm³/mol. The molecule has 0 heterocycles. The van der Waals surface area contributed by atoms with Crippen molar-refractivity contribution >= 4 is 19.7 Å². The molecule has 96 valence electrons. The summed E-state index contributed by atoms with van der Waals surface area (Å²) < 4.78 is 26.8. The zero-order chi connectivity index (χ0) is 11.9. The first-order chi connectivity index (χ1) is 7.58. The molecule has 0 radical (unpaired) electrons. The van der Waals surface area contributed by atoms with Gasteiger partial charge in [0.25, 0.3) is 0 Å². The van der Waals surface area contributed by atoms with Gasteiger partial charge in [-0.1, -0.05) is 25.7 Å². The van der Waals surface area contributed by atoms with Crippen molar-refractivity contribution in [3.8, 4) is 0 Å². The topological polar surface area (TPSA) is 43.4 Å². The molecule has 1 saturated carbocycles. The molecule has 0 unspecified atom stereocenters. The van der Waals surface area contributed by atoms with E-state index in [1.165, 1.54) is 38.5 Å². The second kappa shape index (κ2) is 7.51. The number of ether oxygens (including phenoxy) is 1. The highest BCUT2D eigenvalue weighted by Gasteiger charge is 2.12. The smallest absolute Gasteiger partial charge is 0.232 e. The summed E-state index contributed by atoms with van der Waals surface area (Å²) in [5, 5.41) is 0. The lowest BCUT2D eigenvalue weighted by Gasteiger charge is -2.13. The van der Waals surface area contributed by atoms with Gasteiger partial charge in [0.2, 0.25) is 9.05 Å². The Morgan fingerprint density at radius 2 is 1.75 bits per heavy atom. The van der Waals surface area contributed by atoms with Crippen LogP contribution in [0.5, 0.6) is 0 Å². The van der Waals surface area contributed by atoms with Crippen LogP contribution >= 0.6 is 10.7 Å². The Kier molecular flexibility index (Phi) is 6.70. The highest BCUT2D eigenvalue weighted by molar-refractivity contribution is 8.13. The lowest BCUT2D eigenvalue weighted by atomic mass is 10.0. The summed E-state index contributed by atoms with van der Waals surface area (Å²) >= 11 is 0. The summed E-state index contributed by atoms with van der Waals surface area (Å²) in [5.41, 5.74) is 0. The standard InChI is InChI=1S/C11H21ClO3S/c12-16(13,14)9-5-8-15-10-11-6-3-1-2-4-7-11/h11H,1-10H2. The maximum atomic E-state index is 10.7. The van der Waals surface area contributed by atoms with Crippen LogP contribution in [-0.4, -0.2) is 27.4 Å². The van der Waals surface area contributed by atoms with Crippen LogP contribution in [-0.2, 0) is 13.8 Å². The zero-order valence-corrected chi connectivity index (χ0v) is 11.2. The largest absolute Gasteiger partial charge is 0.381 e. The Morgan fingerprint density at radius 3 is 2.31 bits per heavy atom. The second-order valence-electron chi connectivity index (χ2n) is 4.53. The molecule has 0 saturated heterocycles. The van der Waals surface area contributed by atoms with Crippen molar-refractivity contribution in [1.82, 2.24) is 0 Å². The molecule has 0 aromatic heterocycles. The fraction of sp³-hybridized carbons (Fsp3) is 1.00. The molecule has 0 amide bonds. The molecule has 0 bridgehead atoms. The molecule has 1 aliphatic rings. The van der Waals surface area contributed by atoms with Crippen LogP contribution < -0.4 is 0 Å². The van der Waals surface area contributed by atoms with E-state index in [4.69, 9.17) is 15.4 Å². The first-order valence-corrected chi connectivity index (χ1v) is 8.56. The van der Waals surface area contributed by atoms with Gasteiger partial charge >= 0.3 is 0 Å². The van der Waals surface area contributed by atoms with Gasteiger partial charge in [-0.3, -0.25) is 0 Å². The van der Waals surface area contributed by atoms with Crippen molar-refractivity contribution < 1.29 is 13.2 Å². The highest BCUT2D eigenvalue weighted by atomic mass is 35.7. The molecule has 0 aromatic carbocycles. The third-order valence-corrected chi connectivity index (χ3v) is 4.24. The molecular weight excluding hydrogens is 248 g/mol. The van der Waals surface area contributed by atoms with Crippen molar-refractivity contribution in [2.45, 2.75) is 44.9 Å². The van der Waals surface area contributed by atoms with Gasteiger partial charge < -0.3 is 4.74 Å². The van der Waals surface area contributed by atoms with E-state index in [-0.39, 0.29) is 5.75 Å². The van der Waals surface area contributed by atoms with Crippen molar-refractivity contribution in [3.63, 3.8) is 0 Å². The van der Waals surface area contributed by atoms with Crippen LogP contribution in [0.4, 0.5) is 0 Å². The molecule has 1 fully saturated rings. The monoisotopic (exact) mass is 268 g/mol. The normalized spacial score (nSPS) is 19.6. The molecule has 0 N–H and O–H groups in total. The van der Waals surface area contributed by atoms with E-state index < -0.39 is 9.05 Å². The van der Waals surface area contributed by atoms with E-state index in [0.717, 1.165) is 6.61 Å². The SMILES string of the molecule is O=S(=O)(Cl)CCCOCC1CCCCCC1. The molecule has 0 aliphatic heterocycles. The van der Waals surface area contributed by atoms with E-state index in [2.05, 4.69) is 0 Å². The number of hydrogen-bond acceptors (Lipinski definition) is 3. The van der Waals surface area contributed by atoms with E-state index in [9.17, 15) is 8.42 Å². The van der Waals surface area contributed by atoms with Crippen molar-refractivity contribution in [2.24, 2.45) is 5.92 Å². The van der Waals surface area contributed by atoms with Crippen LogP contribution in [0.15, 0.2) is 0 Å².